The molecular formula is C15H21ClFNO. The maximum Gasteiger partial charge on any atom is 0.142 e. The van der Waals surface area contributed by atoms with E-state index < -0.39 is 0 Å². The first-order chi connectivity index (χ1) is 9.17. The monoisotopic (exact) mass is 285 g/mol. The molecule has 0 spiro atoms. The van der Waals surface area contributed by atoms with Gasteiger partial charge < -0.3 is 10.1 Å². The van der Waals surface area contributed by atoms with Gasteiger partial charge >= 0.3 is 0 Å². The van der Waals surface area contributed by atoms with Gasteiger partial charge in [-0.1, -0.05) is 30.7 Å². The van der Waals surface area contributed by atoms with Gasteiger partial charge in [0.15, 0.2) is 0 Å². The molecule has 0 aliphatic carbocycles. The van der Waals surface area contributed by atoms with Gasteiger partial charge in [-0.25, -0.2) is 4.39 Å². The predicted molar refractivity (Wildman–Crippen MR) is 76.1 cm³/mol. The van der Waals surface area contributed by atoms with Crippen molar-refractivity contribution in [1.29, 1.82) is 0 Å². The van der Waals surface area contributed by atoms with Crippen LogP contribution in [0.3, 0.4) is 0 Å². The van der Waals surface area contributed by atoms with Crippen LogP contribution < -0.4 is 5.32 Å². The summed E-state index contributed by atoms with van der Waals surface area (Å²) in [6.45, 7) is 5.54. The quantitative estimate of drug-likeness (QED) is 0.809. The molecule has 19 heavy (non-hydrogen) atoms. The van der Waals surface area contributed by atoms with E-state index in [0.29, 0.717) is 0 Å². The van der Waals surface area contributed by atoms with E-state index in [2.05, 4.69) is 12.2 Å². The van der Waals surface area contributed by atoms with Crippen molar-refractivity contribution < 1.29 is 9.13 Å². The van der Waals surface area contributed by atoms with E-state index >= 15 is 0 Å². The molecule has 106 valence electrons. The number of rotatable bonds is 6. The first-order valence-corrected chi connectivity index (χ1v) is 7.26. The molecule has 1 saturated heterocycles. The van der Waals surface area contributed by atoms with Crippen molar-refractivity contribution in [3.63, 3.8) is 0 Å². The summed E-state index contributed by atoms with van der Waals surface area (Å²) in [7, 11) is 0. The number of hydrogen-bond donors (Lipinski definition) is 1. The number of halogens is 2. The van der Waals surface area contributed by atoms with Crippen molar-refractivity contribution >= 4 is 11.6 Å². The van der Waals surface area contributed by atoms with Gasteiger partial charge in [-0.05, 0) is 37.4 Å². The normalized spacial score (nSPS) is 22.9. The summed E-state index contributed by atoms with van der Waals surface area (Å²) < 4.78 is 19.1. The fourth-order valence-electron chi connectivity index (χ4n) is 2.61. The molecule has 2 rings (SSSR count). The zero-order valence-electron chi connectivity index (χ0n) is 11.3. The predicted octanol–water partition coefficient (Wildman–Crippen LogP) is 3.43. The van der Waals surface area contributed by atoms with Crippen LogP contribution >= 0.6 is 11.6 Å². The Hall–Kier alpha value is -0.640. The van der Waals surface area contributed by atoms with Crippen LogP contribution in [0, 0.1) is 11.2 Å². The summed E-state index contributed by atoms with van der Waals surface area (Å²) in [6, 6.07) is 5.03. The SMILES string of the molecule is CCCNCC1(Cc2cccc(F)c2Cl)CCOC1. The molecule has 1 aromatic carbocycles. The lowest BCUT2D eigenvalue weighted by Crippen LogP contribution is -2.37. The van der Waals surface area contributed by atoms with Crippen molar-refractivity contribution in [1.82, 2.24) is 5.32 Å². The smallest absolute Gasteiger partial charge is 0.142 e. The van der Waals surface area contributed by atoms with Crippen LogP contribution in [0.15, 0.2) is 18.2 Å². The molecule has 1 aromatic rings. The van der Waals surface area contributed by atoms with Crippen LogP contribution in [0.25, 0.3) is 0 Å². The van der Waals surface area contributed by atoms with Crippen LogP contribution in [0.4, 0.5) is 4.39 Å². The molecule has 1 aliphatic rings. The molecular weight excluding hydrogens is 265 g/mol. The zero-order chi connectivity index (χ0) is 13.7. The van der Waals surface area contributed by atoms with Gasteiger partial charge in [0.25, 0.3) is 0 Å². The fraction of sp³-hybridized carbons (Fsp3) is 0.600. The van der Waals surface area contributed by atoms with Crippen LogP contribution in [-0.2, 0) is 11.2 Å². The summed E-state index contributed by atoms with van der Waals surface area (Å²) in [5.74, 6) is -0.338. The van der Waals surface area contributed by atoms with Crippen LogP contribution in [0.5, 0.6) is 0 Å². The second kappa shape index (κ2) is 6.69. The van der Waals surface area contributed by atoms with Crippen molar-refractivity contribution in [2.75, 3.05) is 26.3 Å². The molecule has 4 heteroatoms. The second-order valence-corrected chi connectivity index (χ2v) is 5.75. The third kappa shape index (κ3) is 3.68. The minimum atomic E-state index is -0.338. The average Bonchev–Trinajstić information content (AvgIpc) is 2.84. The molecule has 1 unspecified atom stereocenters. The number of benzene rings is 1. The third-order valence-electron chi connectivity index (χ3n) is 3.71. The van der Waals surface area contributed by atoms with Crippen molar-refractivity contribution in [2.45, 2.75) is 26.2 Å². The maximum absolute atomic E-state index is 13.5. The number of hydrogen-bond acceptors (Lipinski definition) is 2. The zero-order valence-corrected chi connectivity index (χ0v) is 12.1. The van der Waals surface area contributed by atoms with Crippen LogP contribution in [0.2, 0.25) is 5.02 Å². The van der Waals surface area contributed by atoms with Crippen LogP contribution in [0.1, 0.15) is 25.3 Å². The Kier molecular flexibility index (Phi) is 5.20. The molecule has 1 atom stereocenters. The van der Waals surface area contributed by atoms with E-state index in [1.807, 2.05) is 6.07 Å². The van der Waals surface area contributed by atoms with E-state index in [1.165, 1.54) is 6.07 Å². The number of nitrogens with one attached hydrogen (secondary N) is 1. The van der Waals surface area contributed by atoms with Gasteiger partial charge in [0.05, 0.1) is 11.6 Å². The lowest BCUT2D eigenvalue weighted by atomic mass is 9.80. The van der Waals surface area contributed by atoms with Gasteiger partial charge in [-0.2, -0.15) is 0 Å². The highest BCUT2D eigenvalue weighted by Gasteiger charge is 2.35. The Labute approximate surface area is 119 Å². The topological polar surface area (TPSA) is 21.3 Å². The Morgan fingerprint density at radius 1 is 1.47 bits per heavy atom. The highest BCUT2D eigenvalue weighted by molar-refractivity contribution is 6.31. The molecule has 1 heterocycles. The lowest BCUT2D eigenvalue weighted by molar-refractivity contribution is 0.149. The minimum absolute atomic E-state index is 0.0482. The highest BCUT2D eigenvalue weighted by atomic mass is 35.5. The largest absolute Gasteiger partial charge is 0.381 e. The number of ether oxygens (including phenoxy) is 1. The van der Waals surface area contributed by atoms with Gasteiger partial charge in [-0.15, -0.1) is 0 Å². The standard InChI is InChI=1S/C15H21ClFNO/c1-2-7-18-10-15(6-8-19-11-15)9-12-4-3-5-13(17)14(12)16/h3-5,18H,2,6-11H2,1H3. The summed E-state index contributed by atoms with van der Waals surface area (Å²) in [5, 5.41) is 3.71. The molecule has 1 aliphatic heterocycles. The van der Waals surface area contributed by atoms with Crippen molar-refractivity contribution in [3.05, 3.63) is 34.6 Å². The third-order valence-corrected chi connectivity index (χ3v) is 4.13. The first kappa shape index (κ1) is 14.8. The molecule has 2 nitrogen and oxygen atoms in total. The minimum Gasteiger partial charge on any atom is -0.381 e. The van der Waals surface area contributed by atoms with Gasteiger partial charge in [0.2, 0.25) is 0 Å². The van der Waals surface area contributed by atoms with E-state index in [4.69, 9.17) is 16.3 Å². The summed E-state index contributed by atoms with van der Waals surface area (Å²) in [5.41, 5.74) is 0.928. The summed E-state index contributed by atoms with van der Waals surface area (Å²) in [6.07, 6.45) is 2.87. The molecule has 0 amide bonds. The van der Waals surface area contributed by atoms with Crippen molar-refractivity contribution in [3.8, 4) is 0 Å². The summed E-state index contributed by atoms with van der Waals surface area (Å²) >= 11 is 6.06. The van der Waals surface area contributed by atoms with E-state index in [-0.39, 0.29) is 16.3 Å². The van der Waals surface area contributed by atoms with Gasteiger partial charge in [0, 0.05) is 18.6 Å². The first-order valence-electron chi connectivity index (χ1n) is 6.88. The molecule has 0 saturated carbocycles. The van der Waals surface area contributed by atoms with E-state index in [1.54, 1.807) is 6.07 Å². The van der Waals surface area contributed by atoms with Gasteiger partial charge in [-0.3, -0.25) is 0 Å². The van der Waals surface area contributed by atoms with Crippen LogP contribution in [-0.4, -0.2) is 26.3 Å². The average molecular weight is 286 g/mol. The Balaban J connectivity index is 2.09. The molecule has 0 bridgehead atoms. The molecule has 0 radical (unpaired) electrons. The summed E-state index contributed by atoms with van der Waals surface area (Å²) in [4.78, 5) is 0. The van der Waals surface area contributed by atoms with Gasteiger partial charge in [0.1, 0.15) is 5.82 Å². The van der Waals surface area contributed by atoms with Crippen molar-refractivity contribution in [2.24, 2.45) is 5.41 Å². The van der Waals surface area contributed by atoms with E-state index in [0.717, 1.165) is 51.1 Å². The highest BCUT2D eigenvalue weighted by Crippen LogP contribution is 2.34. The Bertz CT molecular complexity index is 419. The molecule has 1 N–H and O–H groups in total. The Morgan fingerprint density at radius 3 is 3.00 bits per heavy atom. The Morgan fingerprint density at radius 2 is 2.32 bits per heavy atom. The maximum atomic E-state index is 13.5. The molecule has 0 aromatic heterocycles. The lowest BCUT2D eigenvalue weighted by Gasteiger charge is -2.28. The second-order valence-electron chi connectivity index (χ2n) is 5.37. The van der Waals surface area contributed by atoms with E-state index in [9.17, 15) is 4.39 Å². The molecule has 1 fully saturated rings. The fourth-order valence-corrected chi connectivity index (χ4v) is 2.80.